The number of rotatable bonds is 5. The van der Waals surface area contributed by atoms with Crippen molar-refractivity contribution in [2.45, 2.75) is 26.0 Å². The zero-order valence-corrected chi connectivity index (χ0v) is 8.77. The normalized spacial score (nSPS) is 12.1. The fourth-order valence-electron chi connectivity index (χ4n) is 1.22. The highest BCUT2D eigenvalue weighted by Crippen LogP contribution is 2.02. The van der Waals surface area contributed by atoms with Gasteiger partial charge in [-0.2, -0.15) is 5.26 Å². The molecule has 1 atom stereocenters. The molecule has 4 heteroatoms. The second kappa shape index (κ2) is 6.12. The first-order valence-electron chi connectivity index (χ1n) is 4.97. The van der Waals surface area contributed by atoms with E-state index in [-0.39, 0.29) is 6.10 Å². The Hall–Kier alpha value is -1.44. The molecule has 0 aliphatic heterocycles. The van der Waals surface area contributed by atoms with Crippen LogP contribution in [0.15, 0.2) is 18.3 Å². The summed E-state index contributed by atoms with van der Waals surface area (Å²) in [6.45, 7) is 3.10. The number of aromatic nitrogens is 1. The molecule has 1 aromatic heterocycles. The predicted octanol–water partition coefficient (Wildman–Crippen LogP) is 0.814. The van der Waals surface area contributed by atoms with Crippen LogP contribution in [0.3, 0.4) is 0 Å². The molecule has 0 aliphatic rings. The summed E-state index contributed by atoms with van der Waals surface area (Å²) in [6, 6.07) is 5.73. The van der Waals surface area contributed by atoms with Gasteiger partial charge in [-0.3, -0.25) is 0 Å². The van der Waals surface area contributed by atoms with E-state index in [1.807, 2.05) is 18.2 Å². The Labute approximate surface area is 89.6 Å². The Morgan fingerprint density at radius 3 is 3.13 bits per heavy atom. The number of hydrogen-bond acceptors (Lipinski definition) is 4. The third-order valence-corrected chi connectivity index (χ3v) is 2.05. The van der Waals surface area contributed by atoms with Crippen molar-refractivity contribution in [2.24, 2.45) is 0 Å². The lowest BCUT2D eigenvalue weighted by molar-refractivity contribution is 0.183. The Balaban J connectivity index is 2.41. The van der Waals surface area contributed by atoms with Crippen LogP contribution in [0.1, 0.15) is 24.6 Å². The molecule has 1 rings (SSSR count). The maximum absolute atomic E-state index is 9.05. The topological polar surface area (TPSA) is 68.9 Å². The van der Waals surface area contributed by atoms with Crippen molar-refractivity contribution >= 4 is 0 Å². The maximum Gasteiger partial charge on any atom is 0.144 e. The van der Waals surface area contributed by atoms with Crippen LogP contribution in [0.5, 0.6) is 0 Å². The average molecular weight is 205 g/mol. The number of nitrogens with zero attached hydrogens (tertiary/aromatic N) is 2. The summed E-state index contributed by atoms with van der Waals surface area (Å²) in [5, 5.41) is 21.0. The third-order valence-electron chi connectivity index (χ3n) is 2.05. The van der Waals surface area contributed by atoms with Crippen LogP contribution in [0, 0.1) is 11.3 Å². The van der Waals surface area contributed by atoms with Crippen molar-refractivity contribution in [2.75, 3.05) is 6.54 Å². The minimum absolute atomic E-state index is 0.290. The van der Waals surface area contributed by atoms with Crippen LogP contribution in [0.4, 0.5) is 0 Å². The van der Waals surface area contributed by atoms with Gasteiger partial charge in [0, 0.05) is 18.3 Å². The molecule has 0 fully saturated rings. The Kier molecular flexibility index (Phi) is 4.75. The van der Waals surface area contributed by atoms with Crippen molar-refractivity contribution in [3.63, 3.8) is 0 Å². The number of nitrogens with one attached hydrogen (secondary N) is 1. The van der Waals surface area contributed by atoms with E-state index in [0.29, 0.717) is 18.7 Å². The molecule has 0 saturated heterocycles. The molecule has 0 amide bonds. The second-order valence-corrected chi connectivity index (χ2v) is 3.44. The Morgan fingerprint density at radius 2 is 2.47 bits per heavy atom. The van der Waals surface area contributed by atoms with Crippen molar-refractivity contribution in [3.05, 3.63) is 29.6 Å². The molecular weight excluding hydrogens is 190 g/mol. The van der Waals surface area contributed by atoms with E-state index < -0.39 is 0 Å². The van der Waals surface area contributed by atoms with E-state index >= 15 is 0 Å². The molecule has 0 spiro atoms. The Morgan fingerprint density at radius 1 is 1.67 bits per heavy atom. The van der Waals surface area contributed by atoms with Gasteiger partial charge in [0.05, 0.1) is 6.10 Å². The van der Waals surface area contributed by atoms with Gasteiger partial charge < -0.3 is 10.4 Å². The summed E-state index contributed by atoms with van der Waals surface area (Å²) < 4.78 is 0. The smallest absolute Gasteiger partial charge is 0.144 e. The quantitative estimate of drug-likeness (QED) is 0.698. The molecule has 80 valence electrons. The number of aliphatic hydroxyl groups is 1. The Bertz CT molecular complexity index is 344. The zero-order chi connectivity index (χ0) is 11.1. The van der Waals surface area contributed by atoms with Crippen molar-refractivity contribution < 1.29 is 5.11 Å². The summed E-state index contributed by atoms with van der Waals surface area (Å²) in [5.74, 6) is 0. The number of aliphatic hydroxyl groups excluding tert-OH is 1. The van der Waals surface area contributed by atoms with Crippen LogP contribution in [-0.2, 0) is 6.54 Å². The predicted molar refractivity (Wildman–Crippen MR) is 57.0 cm³/mol. The molecule has 1 aromatic rings. The monoisotopic (exact) mass is 205 g/mol. The van der Waals surface area contributed by atoms with Crippen LogP contribution < -0.4 is 5.32 Å². The van der Waals surface area contributed by atoms with Gasteiger partial charge in [-0.05, 0) is 26.0 Å². The number of pyridine rings is 1. The van der Waals surface area contributed by atoms with E-state index in [2.05, 4.69) is 10.3 Å². The summed E-state index contributed by atoms with van der Waals surface area (Å²) in [5.41, 5.74) is 1.35. The second-order valence-electron chi connectivity index (χ2n) is 3.44. The first-order chi connectivity index (χ1) is 7.24. The van der Waals surface area contributed by atoms with Gasteiger partial charge in [0.2, 0.25) is 0 Å². The fourth-order valence-corrected chi connectivity index (χ4v) is 1.22. The first kappa shape index (κ1) is 11.6. The SMILES string of the molecule is CC(O)CCNCc1cccnc1C#N. The van der Waals surface area contributed by atoms with Crippen molar-refractivity contribution in [1.29, 1.82) is 5.26 Å². The van der Waals surface area contributed by atoms with Crippen molar-refractivity contribution in [3.8, 4) is 6.07 Å². The average Bonchev–Trinajstić information content (AvgIpc) is 2.24. The van der Waals surface area contributed by atoms with Crippen LogP contribution in [-0.4, -0.2) is 22.7 Å². The molecule has 15 heavy (non-hydrogen) atoms. The zero-order valence-electron chi connectivity index (χ0n) is 8.77. The molecule has 0 radical (unpaired) electrons. The maximum atomic E-state index is 9.05. The number of hydrogen-bond donors (Lipinski definition) is 2. The molecule has 1 unspecified atom stereocenters. The van der Waals surface area contributed by atoms with Gasteiger partial charge in [0.15, 0.2) is 0 Å². The lowest BCUT2D eigenvalue weighted by atomic mass is 10.2. The van der Waals surface area contributed by atoms with E-state index in [4.69, 9.17) is 10.4 Å². The van der Waals surface area contributed by atoms with Gasteiger partial charge in [0.1, 0.15) is 11.8 Å². The standard InChI is InChI=1S/C11H15N3O/c1-9(15)4-6-13-8-10-3-2-5-14-11(10)7-12/h2-3,5,9,13,15H,4,6,8H2,1H3. The minimum atomic E-state index is -0.290. The van der Waals surface area contributed by atoms with Gasteiger partial charge in [-0.25, -0.2) is 4.98 Å². The molecule has 2 N–H and O–H groups in total. The van der Waals surface area contributed by atoms with Crippen LogP contribution >= 0.6 is 0 Å². The van der Waals surface area contributed by atoms with Crippen LogP contribution in [0.2, 0.25) is 0 Å². The summed E-state index contributed by atoms with van der Waals surface area (Å²) in [7, 11) is 0. The van der Waals surface area contributed by atoms with Crippen LogP contribution in [0.25, 0.3) is 0 Å². The highest BCUT2D eigenvalue weighted by Gasteiger charge is 2.01. The summed E-state index contributed by atoms with van der Waals surface area (Å²) in [4.78, 5) is 3.96. The summed E-state index contributed by atoms with van der Waals surface area (Å²) in [6.07, 6.45) is 2.03. The lowest BCUT2D eigenvalue weighted by Gasteiger charge is -2.06. The van der Waals surface area contributed by atoms with Gasteiger partial charge >= 0.3 is 0 Å². The lowest BCUT2D eigenvalue weighted by Crippen LogP contribution is -2.19. The van der Waals surface area contributed by atoms with Gasteiger partial charge in [-0.1, -0.05) is 6.07 Å². The van der Waals surface area contributed by atoms with E-state index in [1.54, 1.807) is 13.1 Å². The van der Waals surface area contributed by atoms with Gasteiger partial charge in [0.25, 0.3) is 0 Å². The number of nitriles is 1. The molecule has 0 bridgehead atoms. The van der Waals surface area contributed by atoms with Gasteiger partial charge in [-0.15, -0.1) is 0 Å². The fraction of sp³-hybridized carbons (Fsp3) is 0.455. The van der Waals surface area contributed by atoms with E-state index in [1.165, 1.54) is 0 Å². The minimum Gasteiger partial charge on any atom is -0.393 e. The van der Waals surface area contributed by atoms with E-state index in [9.17, 15) is 0 Å². The molecule has 0 aliphatic carbocycles. The molecule has 0 aromatic carbocycles. The highest BCUT2D eigenvalue weighted by atomic mass is 16.3. The molecule has 1 heterocycles. The van der Waals surface area contributed by atoms with Crippen molar-refractivity contribution in [1.82, 2.24) is 10.3 Å². The summed E-state index contributed by atoms with van der Waals surface area (Å²) >= 11 is 0. The third kappa shape index (κ3) is 4.07. The first-order valence-corrected chi connectivity index (χ1v) is 4.97. The molecular formula is C11H15N3O. The van der Waals surface area contributed by atoms with E-state index in [0.717, 1.165) is 12.1 Å². The highest BCUT2D eigenvalue weighted by molar-refractivity contribution is 5.30. The molecule has 4 nitrogen and oxygen atoms in total. The molecule has 0 saturated carbocycles. The largest absolute Gasteiger partial charge is 0.393 e.